The molecule has 0 saturated carbocycles. The van der Waals surface area contributed by atoms with Gasteiger partial charge in [-0.15, -0.1) is 0 Å². The summed E-state index contributed by atoms with van der Waals surface area (Å²) in [5, 5.41) is 18.4. The van der Waals surface area contributed by atoms with Gasteiger partial charge >= 0.3 is 0 Å². The highest BCUT2D eigenvalue weighted by molar-refractivity contribution is 7.86. The smallest absolute Gasteiger partial charge is 0.171 e. The first kappa shape index (κ1) is 29.9. The van der Waals surface area contributed by atoms with Crippen molar-refractivity contribution in [1.29, 1.82) is 0 Å². The standard InChI is InChI=1S/C48H30O2P2/c49-51(35-13-5-1-6-14-35,36-15-7-2-8-16-36)41-29-33-23-24-34-30-42(52(50,37-17-9-3-10-18-37)38-19-11-4-12-20-38)40-28-26-32-22-21-31-25-27-39(41)47-43(31)44(32)48(40)46(34)45(33)47/h1-30H. The first-order valence-electron chi connectivity index (χ1n) is 17.6. The van der Waals surface area contributed by atoms with Gasteiger partial charge in [-0.3, -0.25) is 0 Å². The Morgan fingerprint density at radius 3 is 0.865 bits per heavy atom. The normalized spacial score (nSPS) is 12.8. The molecule has 0 aliphatic rings. The molecule has 11 rings (SSSR count). The van der Waals surface area contributed by atoms with E-state index in [2.05, 4.69) is 60.7 Å². The summed E-state index contributed by atoms with van der Waals surface area (Å²) in [6.07, 6.45) is 0. The third-order valence-electron chi connectivity index (χ3n) is 11.2. The van der Waals surface area contributed by atoms with Crippen molar-refractivity contribution in [2.24, 2.45) is 0 Å². The topological polar surface area (TPSA) is 34.1 Å². The molecule has 0 saturated heterocycles. The zero-order valence-corrected chi connectivity index (χ0v) is 29.8. The van der Waals surface area contributed by atoms with Gasteiger partial charge in [-0.25, -0.2) is 0 Å². The van der Waals surface area contributed by atoms with Crippen molar-refractivity contribution in [3.63, 3.8) is 0 Å². The van der Waals surface area contributed by atoms with Crippen LogP contribution in [0, 0.1) is 0 Å². The van der Waals surface area contributed by atoms with Crippen molar-refractivity contribution in [3.8, 4) is 0 Å². The van der Waals surface area contributed by atoms with Crippen molar-refractivity contribution in [2.45, 2.75) is 0 Å². The summed E-state index contributed by atoms with van der Waals surface area (Å²) >= 11 is 0. The van der Waals surface area contributed by atoms with Crippen molar-refractivity contribution >= 4 is 111 Å². The third kappa shape index (κ3) is 3.86. The van der Waals surface area contributed by atoms with Gasteiger partial charge in [-0.1, -0.05) is 170 Å². The van der Waals surface area contributed by atoms with Gasteiger partial charge in [0.25, 0.3) is 0 Å². The largest absolute Gasteiger partial charge is 0.309 e. The number of hydrogen-bond donors (Lipinski definition) is 0. The molecular weight excluding hydrogens is 670 g/mol. The average molecular weight is 701 g/mol. The Morgan fingerprint density at radius 2 is 0.538 bits per heavy atom. The third-order valence-corrected chi connectivity index (χ3v) is 17.4. The van der Waals surface area contributed by atoms with Crippen LogP contribution in [-0.4, -0.2) is 0 Å². The minimum Gasteiger partial charge on any atom is -0.309 e. The predicted octanol–water partition coefficient (Wildman–Crippen LogP) is 10.2. The molecule has 11 aromatic rings. The Hall–Kier alpha value is -5.78. The van der Waals surface area contributed by atoms with Crippen molar-refractivity contribution in [3.05, 3.63) is 182 Å². The van der Waals surface area contributed by atoms with Crippen LogP contribution in [0.15, 0.2) is 182 Å². The molecule has 0 amide bonds. The minimum absolute atomic E-state index is 0.822. The van der Waals surface area contributed by atoms with E-state index in [1.54, 1.807) is 0 Å². The maximum atomic E-state index is 16.0. The quantitative estimate of drug-likeness (QED) is 0.0983. The fourth-order valence-electron chi connectivity index (χ4n) is 8.97. The molecule has 52 heavy (non-hydrogen) atoms. The maximum Gasteiger partial charge on any atom is 0.171 e. The van der Waals surface area contributed by atoms with Crippen LogP contribution in [0.2, 0.25) is 0 Å². The molecule has 0 spiro atoms. The lowest BCUT2D eigenvalue weighted by atomic mass is 9.83. The number of benzene rings is 11. The van der Waals surface area contributed by atoms with E-state index in [4.69, 9.17) is 0 Å². The van der Waals surface area contributed by atoms with E-state index in [0.717, 1.165) is 74.9 Å². The lowest BCUT2D eigenvalue weighted by Crippen LogP contribution is -2.26. The van der Waals surface area contributed by atoms with Crippen LogP contribution in [0.4, 0.5) is 0 Å². The highest BCUT2D eigenvalue weighted by Gasteiger charge is 2.36. The van der Waals surface area contributed by atoms with E-state index in [1.807, 2.05) is 121 Å². The fraction of sp³-hybridized carbons (Fsp3) is 0. The molecule has 0 bridgehead atoms. The second kappa shape index (κ2) is 10.9. The van der Waals surface area contributed by atoms with Gasteiger partial charge in [0.2, 0.25) is 0 Å². The van der Waals surface area contributed by atoms with E-state index in [-0.39, 0.29) is 0 Å². The summed E-state index contributed by atoms with van der Waals surface area (Å²) in [7, 11) is -6.61. The summed E-state index contributed by atoms with van der Waals surface area (Å²) in [5.41, 5.74) is 0. The van der Waals surface area contributed by atoms with E-state index < -0.39 is 14.3 Å². The molecule has 2 nitrogen and oxygen atoms in total. The van der Waals surface area contributed by atoms with E-state index >= 15 is 9.13 Å². The summed E-state index contributed by atoms with van der Waals surface area (Å²) in [6, 6.07) is 61.8. The SMILES string of the molecule is O=P(c1ccccc1)(c1ccccc1)c1cc2ccc3cc(P(=O)(c4ccccc4)c4ccccc4)c4ccc5ccc6ccc1c1c6c5c4c3c21. The molecule has 0 fully saturated rings. The van der Waals surface area contributed by atoms with Crippen LogP contribution in [0.1, 0.15) is 0 Å². The molecule has 11 aromatic carbocycles. The molecule has 4 heteroatoms. The summed E-state index contributed by atoms with van der Waals surface area (Å²) < 4.78 is 32.0. The lowest BCUT2D eigenvalue weighted by molar-refractivity contribution is 0.592. The van der Waals surface area contributed by atoms with Gasteiger partial charge in [-0.05, 0) is 76.8 Å². The maximum absolute atomic E-state index is 16.0. The number of hydrogen-bond acceptors (Lipinski definition) is 2. The van der Waals surface area contributed by atoms with Crippen molar-refractivity contribution in [1.82, 2.24) is 0 Å². The average Bonchev–Trinajstić information content (AvgIpc) is 3.22. The molecule has 0 aliphatic carbocycles. The van der Waals surface area contributed by atoms with Crippen LogP contribution in [0.5, 0.6) is 0 Å². The Kier molecular flexibility index (Phi) is 6.25. The van der Waals surface area contributed by atoms with Gasteiger partial charge in [0, 0.05) is 31.8 Å². The Bertz CT molecular complexity index is 2890. The molecule has 244 valence electrons. The molecule has 0 heterocycles. The van der Waals surface area contributed by atoms with Gasteiger partial charge in [0.15, 0.2) is 14.3 Å². The van der Waals surface area contributed by atoms with Crippen LogP contribution in [-0.2, 0) is 9.13 Å². The summed E-state index contributed by atoms with van der Waals surface area (Å²) in [5.74, 6) is 0. The molecule has 0 aliphatic heterocycles. The highest BCUT2D eigenvalue weighted by Crippen LogP contribution is 2.54. The number of rotatable bonds is 6. The zero-order valence-electron chi connectivity index (χ0n) is 28.0. The summed E-state index contributed by atoms with van der Waals surface area (Å²) in [4.78, 5) is 0. The molecule has 0 radical (unpaired) electrons. The van der Waals surface area contributed by atoms with Crippen LogP contribution in [0.25, 0.3) is 64.6 Å². The van der Waals surface area contributed by atoms with Gasteiger partial charge in [0.1, 0.15) is 0 Å². The molecular formula is C48H30O2P2. The lowest BCUT2D eigenvalue weighted by Gasteiger charge is -2.27. The highest BCUT2D eigenvalue weighted by atomic mass is 31.2. The van der Waals surface area contributed by atoms with E-state index in [9.17, 15) is 0 Å². The Morgan fingerprint density at radius 1 is 0.269 bits per heavy atom. The van der Waals surface area contributed by atoms with Crippen molar-refractivity contribution in [2.75, 3.05) is 0 Å². The Labute approximate surface area is 300 Å². The Balaban J connectivity index is 1.34. The first-order chi connectivity index (χ1) is 25.6. The van der Waals surface area contributed by atoms with Crippen LogP contribution in [0.3, 0.4) is 0 Å². The van der Waals surface area contributed by atoms with E-state index in [1.165, 1.54) is 21.5 Å². The predicted molar refractivity (Wildman–Crippen MR) is 224 cm³/mol. The van der Waals surface area contributed by atoms with Crippen LogP contribution >= 0.6 is 14.3 Å². The molecule has 0 aromatic heterocycles. The van der Waals surface area contributed by atoms with Gasteiger partial charge < -0.3 is 9.13 Å². The van der Waals surface area contributed by atoms with Crippen molar-refractivity contribution < 1.29 is 9.13 Å². The zero-order chi connectivity index (χ0) is 34.6. The van der Waals surface area contributed by atoms with Gasteiger partial charge in [0.05, 0.1) is 0 Å². The molecule has 0 unspecified atom stereocenters. The molecule has 0 N–H and O–H groups in total. The first-order valence-corrected chi connectivity index (χ1v) is 21.1. The van der Waals surface area contributed by atoms with Gasteiger partial charge in [-0.2, -0.15) is 0 Å². The second-order valence-corrected chi connectivity index (χ2v) is 19.3. The van der Waals surface area contributed by atoms with E-state index in [0.29, 0.717) is 0 Å². The fourth-order valence-corrected chi connectivity index (χ4v) is 14.7. The minimum atomic E-state index is -3.30. The summed E-state index contributed by atoms with van der Waals surface area (Å²) in [6.45, 7) is 0. The van der Waals surface area contributed by atoms with Crippen LogP contribution < -0.4 is 31.8 Å². The molecule has 0 atom stereocenters. The monoisotopic (exact) mass is 700 g/mol. The second-order valence-electron chi connectivity index (χ2n) is 13.9.